The van der Waals surface area contributed by atoms with E-state index in [4.69, 9.17) is 0 Å². The summed E-state index contributed by atoms with van der Waals surface area (Å²) >= 11 is 1.78. The van der Waals surface area contributed by atoms with E-state index in [1.54, 1.807) is 17.4 Å². The Morgan fingerprint density at radius 3 is 2.95 bits per heavy atom. The van der Waals surface area contributed by atoms with E-state index in [1.165, 1.54) is 15.3 Å². The third kappa shape index (κ3) is 5.41. The molecule has 0 spiro atoms. The van der Waals surface area contributed by atoms with Gasteiger partial charge in [-0.05, 0) is 31.1 Å². The summed E-state index contributed by atoms with van der Waals surface area (Å²) in [5.41, 5.74) is 5.79. The molecule has 204 valence electrons. The van der Waals surface area contributed by atoms with Crippen molar-refractivity contribution in [1.29, 1.82) is 0 Å². The Kier molecular flexibility index (Phi) is 7.33. The lowest BCUT2D eigenvalue weighted by Crippen LogP contribution is -2.39. The monoisotopic (exact) mass is 550 g/mol. The van der Waals surface area contributed by atoms with Crippen LogP contribution in [0.1, 0.15) is 39.8 Å². The van der Waals surface area contributed by atoms with E-state index in [-0.39, 0.29) is 18.8 Å². The van der Waals surface area contributed by atoms with Gasteiger partial charge in [-0.3, -0.25) is 10.3 Å². The zero-order chi connectivity index (χ0) is 26.9. The summed E-state index contributed by atoms with van der Waals surface area (Å²) in [5.74, 6) is 1.04. The van der Waals surface area contributed by atoms with Crippen molar-refractivity contribution in [2.24, 2.45) is 7.05 Å². The molecule has 10 heteroatoms. The van der Waals surface area contributed by atoms with Crippen molar-refractivity contribution in [2.75, 3.05) is 13.1 Å². The lowest BCUT2D eigenvalue weighted by molar-refractivity contribution is 0.153. The average Bonchev–Trinajstić information content (AvgIpc) is 3.59. The summed E-state index contributed by atoms with van der Waals surface area (Å²) in [7, 11) is 2.02. The van der Waals surface area contributed by atoms with Crippen molar-refractivity contribution in [1.82, 2.24) is 30.5 Å². The second-order valence-corrected chi connectivity index (χ2v) is 11.5. The van der Waals surface area contributed by atoms with Gasteiger partial charge in [0.1, 0.15) is 29.9 Å². The van der Waals surface area contributed by atoms with Crippen LogP contribution in [0.25, 0.3) is 17.1 Å². The van der Waals surface area contributed by atoms with Crippen LogP contribution in [0.4, 0.5) is 8.78 Å². The fourth-order valence-electron chi connectivity index (χ4n) is 5.44. The number of aliphatic hydroxyl groups is 1. The second kappa shape index (κ2) is 11.0. The first kappa shape index (κ1) is 25.9. The van der Waals surface area contributed by atoms with Gasteiger partial charge in [-0.1, -0.05) is 29.9 Å². The Balaban J connectivity index is 1.10. The van der Waals surface area contributed by atoms with Gasteiger partial charge in [-0.15, -0.1) is 11.3 Å². The summed E-state index contributed by atoms with van der Waals surface area (Å²) in [6, 6.07) is 4.34. The molecule has 7 nitrogen and oxygen atoms in total. The van der Waals surface area contributed by atoms with Gasteiger partial charge in [0, 0.05) is 53.4 Å². The normalized spacial score (nSPS) is 23.5. The first-order chi connectivity index (χ1) is 19.0. The zero-order valence-electron chi connectivity index (χ0n) is 21.7. The number of allylic oxidation sites excluding steroid dienone is 2. The van der Waals surface area contributed by atoms with Crippen LogP contribution >= 0.6 is 11.3 Å². The molecule has 3 aliphatic rings. The predicted octanol–water partition coefficient (Wildman–Crippen LogP) is 4.15. The van der Waals surface area contributed by atoms with Crippen molar-refractivity contribution in [3.63, 3.8) is 0 Å². The Hall–Kier alpha value is -3.34. The van der Waals surface area contributed by atoms with E-state index in [0.29, 0.717) is 25.2 Å². The second-order valence-electron chi connectivity index (χ2n) is 10.3. The maximum absolute atomic E-state index is 13.7. The molecule has 0 fully saturated rings. The number of alkyl halides is 2. The third-order valence-corrected chi connectivity index (χ3v) is 8.78. The average molecular weight is 551 g/mol. The minimum atomic E-state index is -1.47. The van der Waals surface area contributed by atoms with Crippen LogP contribution in [0, 0.1) is 0 Å². The fraction of sp³-hybridized carbons (Fsp3) is 0.379. The van der Waals surface area contributed by atoms with Crippen LogP contribution in [0.3, 0.4) is 0 Å². The van der Waals surface area contributed by atoms with Gasteiger partial charge in [-0.2, -0.15) is 0 Å². The van der Waals surface area contributed by atoms with Crippen molar-refractivity contribution in [2.45, 2.75) is 50.3 Å². The fourth-order valence-corrected chi connectivity index (χ4v) is 6.47. The van der Waals surface area contributed by atoms with Crippen LogP contribution in [0.15, 0.2) is 65.9 Å². The van der Waals surface area contributed by atoms with Crippen molar-refractivity contribution >= 4 is 28.4 Å². The number of aryl methyl sites for hydroxylation is 1. The van der Waals surface area contributed by atoms with Crippen LogP contribution in [0.5, 0.6) is 0 Å². The summed E-state index contributed by atoms with van der Waals surface area (Å²) in [6.07, 6.45) is 10.8. The third-order valence-electron chi connectivity index (χ3n) is 7.57. The number of hydrogen-bond acceptors (Lipinski definition) is 7. The highest BCUT2D eigenvalue weighted by molar-refractivity contribution is 7.12. The number of imidazole rings is 1. The summed E-state index contributed by atoms with van der Waals surface area (Å²) < 4.78 is 29.2. The Bertz CT molecular complexity index is 1490. The summed E-state index contributed by atoms with van der Waals surface area (Å²) in [5, 5.41) is 20.6. The van der Waals surface area contributed by atoms with Gasteiger partial charge in [-0.25, -0.2) is 13.8 Å². The minimum absolute atomic E-state index is 0.0606. The molecule has 0 amide bonds. The number of nitrogens with one attached hydrogen (secondary N) is 3. The molecule has 3 aromatic rings. The van der Waals surface area contributed by atoms with Crippen LogP contribution in [-0.4, -0.2) is 51.3 Å². The maximum atomic E-state index is 13.7. The van der Waals surface area contributed by atoms with Gasteiger partial charge in [0.05, 0.1) is 30.3 Å². The Labute approximate surface area is 230 Å². The van der Waals surface area contributed by atoms with Crippen LogP contribution < -0.4 is 16.0 Å². The highest BCUT2D eigenvalue weighted by atomic mass is 32.1. The summed E-state index contributed by atoms with van der Waals surface area (Å²) in [6.45, 7) is 1.58. The quantitative estimate of drug-likeness (QED) is 0.249. The molecule has 4 heterocycles. The molecule has 1 aliphatic heterocycles. The number of dihydropyridines is 1. The number of aliphatic hydroxyl groups excluding tert-OH is 1. The Morgan fingerprint density at radius 2 is 2.08 bits per heavy atom. The van der Waals surface area contributed by atoms with E-state index in [1.807, 2.05) is 31.7 Å². The largest absolute Gasteiger partial charge is 0.374 e. The molecule has 0 saturated carbocycles. The highest BCUT2D eigenvalue weighted by Gasteiger charge is 2.26. The molecule has 0 bridgehead atoms. The first-order valence-corrected chi connectivity index (χ1v) is 14.1. The predicted molar refractivity (Wildman–Crippen MR) is 150 cm³/mol. The number of aromatic nitrogens is 3. The molecule has 0 aromatic carbocycles. The molecule has 4 N–H and O–H groups in total. The number of hydrogen-bond donors (Lipinski definition) is 4. The van der Waals surface area contributed by atoms with E-state index >= 15 is 0 Å². The van der Waals surface area contributed by atoms with E-state index in [2.05, 4.69) is 54.8 Å². The van der Waals surface area contributed by atoms with Gasteiger partial charge < -0.3 is 20.3 Å². The lowest BCUT2D eigenvalue weighted by atomic mass is 9.90. The van der Waals surface area contributed by atoms with Gasteiger partial charge in [0.15, 0.2) is 0 Å². The van der Waals surface area contributed by atoms with E-state index in [9.17, 15) is 13.9 Å². The minimum Gasteiger partial charge on any atom is -0.374 e. The number of fused-ring (bicyclic) bond motifs is 3. The molecule has 3 aromatic heterocycles. The van der Waals surface area contributed by atoms with E-state index < -0.39 is 18.6 Å². The molecular weight excluding hydrogens is 518 g/mol. The summed E-state index contributed by atoms with van der Waals surface area (Å²) in [4.78, 5) is 11.5. The highest BCUT2D eigenvalue weighted by Crippen LogP contribution is 2.36. The van der Waals surface area contributed by atoms with E-state index in [0.717, 1.165) is 34.5 Å². The standard InChI is InChI=1S/C29H32F2N6OS/c1-37-16-36-25-15-33-24-8-5-18(12-21(24)27(25)37)26-9-6-19(39-26)14-34-28-20(3-2-10-32-28)29(38)35-13-17-4-7-22(30)23(31)11-17/h2-6,8-9,15-16,18,22-23,29,32,34-35,38H,7,10-14H2,1H3/t18-,22+,23?,29+/m1/s1. The molecule has 6 rings (SSSR count). The van der Waals surface area contributed by atoms with Crippen molar-refractivity contribution in [3.05, 3.63) is 86.9 Å². The van der Waals surface area contributed by atoms with Crippen molar-refractivity contribution < 1.29 is 13.9 Å². The molecule has 0 radical (unpaired) electrons. The number of halogens is 2. The molecule has 39 heavy (non-hydrogen) atoms. The van der Waals surface area contributed by atoms with Crippen LogP contribution in [0.2, 0.25) is 0 Å². The van der Waals surface area contributed by atoms with Gasteiger partial charge >= 0.3 is 0 Å². The zero-order valence-corrected chi connectivity index (χ0v) is 22.5. The molecule has 4 atom stereocenters. The Morgan fingerprint density at radius 1 is 1.18 bits per heavy atom. The smallest absolute Gasteiger partial charge is 0.135 e. The first-order valence-electron chi connectivity index (χ1n) is 13.3. The van der Waals surface area contributed by atoms with Gasteiger partial charge in [0.2, 0.25) is 0 Å². The number of nitrogens with zero attached hydrogens (tertiary/aromatic N) is 3. The molecule has 1 unspecified atom stereocenters. The number of pyridine rings is 1. The van der Waals surface area contributed by atoms with Gasteiger partial charge in [0.25, 0.3) is 0 Å². The number of thiophene rings is 1. The maximum Gasteiger partial charge on any atom is 0.135 e. The SMILES string of the molecule is Cn1cnc2cnc3c(c21)C[C@H](c1ccc(CNC2=C([C@H](O)NCC4=CC[C@H](F)C(F)C4)C=CCN2)s1)C=C3. The topological polar surface area (TPSA) is 87.0 Å². The molecular formula is C29H32F2N6OS. The molecule has 2 aliphatic carbocycles. The number of rotatable bonds is 8. The lowest BCUT2D eigenvalue weighted by Gasteiger charge is -2.25. The molecule has 0 saturated heterocycles. The van der Waals surface area contributed by atoms with Crippen molar-refractivity contribution in [3.8, 4) is 0 Å². The van der Waals surface area contributed by atoms with Crippen LogP contribution in [-0.2, 0) is 20.0 Å².